The summed E-state index contributed by atoms with van der Waals surface area (Å²) in [5.41, 5.74) is 1.50. The highest BCUT2D eigenvalue weighted by Gasteiger charge is 2.15. The molecule has 0 atom stereocenters. The van der Waals surface area contributed by atoms with Crippen LogP contribution in [0, 0.1) is 27.3 Å². The van der Waals surface area contributed by atoms with E-state index in [-0.39, 0.29) is 29.2 Å². The molecule has 3 rings (SSSR count). The van der Waals surface area contributed by atoms with Crippen LogP contribution in [-0.2, 0) is 11.2 Å². The number of ether oxygens (including phenoxy) is 1. The van der Waals surface area contributed by atoms with Crippen LogP contribution in [0.15, 0.2) is 70.7 Å². The molecular weight excluding hydrogens is 493 g/mol. The molecule has 33 heavy (non-hydrogen) atoms. The molecule has 1 N–H and O–H groups in total. The van der Waals surface area contributed by atoms with Gasteiger partial charge < -0.3 is 10.1 Å². The Morgan fingerprint density at radius 3 is 2.67 bits per heavy atom. The third-order valence-corrected chi connectivity index (χ3v) is 5.42. The molecule has 0 fully saturated rings. The number of halogens is 2. The highest BCUT2D eigenvalue weighted by molar-refractivity contribution is 9.10. The molecular formula is C24H17BrFN3O4. The maximum atomic E-state index is 14.1. The molecule has 0 spiro atoms. The van der Waals surface area contributed by atoms with E-state index in [9.17, 15) is 24.6 Å². The second kappa shape index (κ2) is 10.5. The van der Waals surface area contributed by atoms with Crippen LogP contribution in [0.4, 0.5) is 15.8 Å². The van der Waals surface area contributed by atoms with E-state index >= 15 is 0 Å². The van der Waals surface area contributed by atoms with E-state index in [1.54, 1.807) is 30.3 Å². The number of carbonyl (C=O) groups is 1. The molecule has 166 valence electrons. The topological polar surface area (TPSA) is 105 Å². The second-order valence-corrected chi connectivity index (χ2v) is 7.74. The minimum absolute atomic E-state index is 0.186. The predicted octanol–water partition coefficient (Wildman–Crippen LogP) is 5.64. The number of anilines is 1. The number of nitrogens with zero attached hydrogens (tertiary/aromatic N) is 2. The van der Waals surface area contributed by atoms with Crippen LogP contribution in [0.2, 0.25) is 0 Å². The highest BCUT2D eigenvalue weighted by Crippen LogP contribution is 2.32. The Morgan fingerprint density at radius 2 is 2.00 bits per heavy atom. The van der Waals surface area contributed by atoms with Crippen molar-refractivity contribution in [2.45, 2.75) is 6.42 Å². The third-order valence-electron chi connectivity index (χ3n) is 4.71. The zero-order valence-corrected chi connectivity index (χ0v) is 18.9. The van der Waals surface area contributed by atoms with Crippen LogP contribution in [0.3, 0.4) is 0 Å². The number of nitriles is 1. The first-order valence-electron chi connectivity index (χ1n) is 9.59. The van der Waals surface area contributed by atoms with Crippen molar-refractivity contribution in [1.82, 2.24) is 0 Å². The van der Waals surface area contributed by atoms with Crippen LogP contribution in [-0.4, -0.2) is 17.9 Å². The quantitative estimate of drug-likeness (QED) is 0.192. The minimum Gasteiger partial charge on any atom is -0.496 e. The van der Waals surface area contributed by atoms with Gasteiger partial charge >= 0.3 is 0 Å². The van der Waals surface area contributed by atoms with Crippen molar-refractivity contribution in [1.29, 1.82) is 5.26 Å². The normalized spacial score (nSPS) is 10.9. The zero-order valence-electron chi connectivity index (χ0n) is 17.3. The average Bonchev–Trinajstić information content (AvgIpc) is 2.80. The number of hydrogen-bond acceptors (Lipinski definition) is 5. The Kier molecular flexibility index (Phi) is 7.53. The van der Waals surface area contributed by atoms with E-state index in [0.717, 1.165) is 0 Å². The van der Waals surface area contributed by atoms with E-state index in [1.807, 2.05) is 6.07 Å². The summed E-state index contributed by atoms with van der Waals surface area (Å²) in [6.45, 7) is 0. The van der Waals surface area contributed by atoms with Gasteiger partial charge in [-0.2, -0.15) is 5.26 Å². The zero-order chi connectivity index (χ0) is 24.0. The van der Waals surface area contributed by atoms with Crippen molar-refractivity contribution < 1.29 is 18.8 Å². The van der Waals surface area contributed by atoms with Crippen LogP contribution < -0.4 is 10.1 Å². The first kappa shape index (κ1) is 23.6. The van der Waals surface area contributed by atoms with E-state index in [2.05, 4.69) is 21.2 Å². The van der Waals surface area contributed by atoms with Crippen molar-refractivity contribution in [3.63, 3.8) is 0 Å². The fourth-order valence-corrected chi connectivity index (χ4v) is 3.71. The maximum absolute atomic E-state index is 14.1. The first-order chi connectivity index (χ1) is 15.8. The molecule has 0 heterocycles. The van der Waals surface area contributed by atoms with Crippen LogP contribution in [0.5, 0.6) is 5.75 Å². The van der Waals surface area contributed by atoms with Gasteiger partial charge in [0.05, 0.1) is 12.0 Å². The molecule has 0 aliphatic carbocycles. The summed E-state index contributed by atoms with van der Waals surface area (Å²) in [6.07, 6.45) is 1.64. The summed E-state index contributed by atoms with van der Waals surface area (Å²) < 4.78 is 20.2. The summed E-state index contributed by atoms with van der Waals surface area (Å²) in [4.78, 5) is 22.9. The monoisotopic (exact) mass is 509 g/mol. The van der Waals surface area contributed by atoms with Gasteiger partial charge in [0.25, 0.3) is 11.6 Å². The molecule has 0 aliphatic rings. The maximum Gasteiger partial charge on any atom is 0.271 e. The minimum atomic E-state index is -0.719. The largest absolute Gasteiger partial charge is 0.496 e. The Hall–Kier alpha value is -4.03. The Labute approximate surface area is 197 Å². The third kappa shape index (κ3) is 5.81. The number of carbonyl (C=O) groups excluding carboxylic acids is 1. The average molecular weight is 510 g/mol. The number of amides is 1. The lowest BCUT2D eigenvalue weighted by Gasteiger charge is -2.13. The van der Waals surface area contributed by atoms with Gasteiger partial charge in [-0.3, -0.25) is 14.9 Å². The van der Waals surface area contributed by atoms with Crippen LogP contribution in [0.25, 0.3) is 6.08 Å². The number of methoxy groups -OCH3 is 1. The molecule has 0 radical (unpaired) electrons. The molecule has 3 aromatic rings. The van der Waals surface area contributed by atoms with E-state index in [4.69, 9.17) is 4.74 Å². The van der Waals surface area contributed by atoms with Crippen LogP contribution in [0.1, 0.15) is 16.7 Å². The second-order valence-electron chi connectivity index (χ2n) is 6.88. The summed E-state index contributed by atoms with van der Waals surface area (Å²) in [5, 5.41) is 22.9. The smallest absolute Gasteiger partial charge is 0.271 e. The molecule has 7 nitrogen and oxygen atoms in total. The van der Waals surface area contributed by atoms with E-state index < -0.39 is 10.8 Å². The van der Waals surface area contributed by atoms with Crippen molar-refractivity contribution >= 4 is 39.3 Å². The fourth-order valence-electron chi connectivity index (χ4n) is 3.11. The lowest BCUT2D eigenvalue weighted by Crippen LogP contribution is -2.13. The van der Waals surface area contributed by atoms with Gasteiger partial charge in [0.2, 0.25) is 0 Å². The summed E-state index contributed by atoms with van der Waals surface area (Å²) >= 11 is 3.47. The lowest BCUT2D eigenvalue weighted by molar-refractivity contribution is -0.384. The molecule has 0 unspecified atom stereocenters. The molecule has 0 saturated heterocycles. The molecule has 3 aromatic carbocycles. The Morgan fingerprint density at radius 1 is 1.24 bits per heavy atom. The number of non-ortho nitro benzene ring substituents is 1. The summed E-state index contributed by atoms with van der Waals surface area (Å²) in [7, 11) is 1.47. The van der Waals surface area contributed by atoms with Crippen LogP contribution >= 0.6 is 15.9 Å². The van der Waals surface area contributed by atoms with E-state index in [0.29, 0.717) is 26.9 Å². The summed E-state index contributed by atoms with van der Waals surface area (Å²) in [6, 6.07) is 17.0. The van der Waals surface area contributed by atoms with Crippen molar-refractivity contribution in [3.8, 4) is 11.8 Å². The SMILES string of the molecule is COc1cc(/C=C(\C#N)C(=O)Nc2cccc([N+](=O)[O-])c2)cc(Br)c1Cc1ccccc1F. The number of rotatable bonds is 7. The lowest BCUT2D eigenvalue weighted by atomic mass is 10.0. The number of benzene rings is 3. The molecule has 0 bridgehead atoms. The van der Waals surface area contributed by atoms with Gasteiger partial charge in [-0.15, -0.1) is 0 Å². The van der Waals surface area contributed by atoms with Gasteiger partial charge in [-0.1, -0.05) is 40.2 Å². The van der Waals surface area contributed by atoms with Crippen molar-refractivity contribution in [3.05, 3.63) is 103 Å². The summed E-state index contributed by atoms with van der Waals surface area (Å²) in [5.74, 6) is -0.598. The van der Waals surface area contributed by atoms with Crippen molar-refractivity contribution in [2.75, 3.05) is 12.4 Å². The first-order valence-corrected chi connectivity index (χ1v) is 10.4. The molecule has 0 saturated carbocycles. The number of nitro groups is 1. The molecule has 0 aromatic heterocycles. The molecule has 0 aliphatic heterocycles. The van der Waals surface area contributed by atoms with E-state index in [1.165, 1.54) is 43.5 Å². The number of hydrogen-bond donors (Lipinski definition) is 1. The van der Waals surface area contributed by atoms with Gasteiger partial charge in [-0.05, 0) is 41.5 Å². The van der Waals surface area contributed by atoms with Crippen molar-refractivity contribution in [2.24, 2.45) is 0 Å². The molecule has 1 amide bonds. The van der Waals surface area contributed by atoms with Gasteiger partial charge in [0.15, 0.2) is 0 Å². The molecule has 9 heteroatoms. The van der Waals surface area contributed by atoms with Gasteiger partial charge in [-0.25, -0.2) is 4.39 Å². The number of nitrogens with one attached hydrogen (secondary N) is 1. The Bertz CT molecular complexity index is 1300. The van der Waals surface area contributed by atoms with Gasteiger partial charge in [0, 0.05) is 34.3 Å². The standard InChI is InChI=1S/C24H17BrFN3O4/c1-33-23-11-15(10-21(25)20(23)12-16-5-2-3-8-22(16)26)9-17(14-27)24(30)28-18-6-4-7-19(13-18)29(31)32/h2-11,13H,12H2,1H3,(H,28,30)/b17-9+. The van der Waals surface area contributed by atoms with Gasteiger partial charge in [0.1, 0.15) is 23.2 Å². The highest BCUT2D eigenvalue weighted by atomic mass is 79.9. The number of nitro benzene ring substituents is 1. The predicted molar refractivity (Wildman–Crippen MR) is 125 cm³/mol. The Balaban J connectivity index is 1.89. The fraction of sp³-hybridized carbons (Fsp3) is 0.0833.